The molecule has 0 saturated heterocycles. The zero-order chi connectivity index (χ0) is 13.4. The van der Waals surface area contributed by atoms with E-state index in [4.69, 9.17) is 0 Å². The summed E-state index contributed by atoms with van der Waals surface area (Å²) in [4.78, 5) is 12.1. The third-order valence-corrected chi connectivity index (χ3v) is 4.50. The highest BCUT2D eigenvalue weighted by atomic mass is 16.1. The fraction of sp³-hybridized carbons (Fsp3) is 0.824. The van der Waals surface area contributed by atoms with Crippen LogP contribution in [0.1, 0.15) is 71.6 Å². The van der Waals surface area contributed by atoms with E-state index in [-0.39, 0.29) is 0 Å². The number of hydrogen-bond donors (Lipinski definition) is 0. The molecule has 104 valence electrons. The van der Waals surface area contributed by atoms with Gasteiger partial charge in [0.25, 0.3) is 0 Å². The van der Waals surface area contributed by atoms with Gasteiger partial charge in [0.1, 0.15) is 5.78 Å². The van der Waals surface area contributed by atoms with E-state index in [1.807, 2.05) is 6.08 Å². The first-order chi connectivity index (χ1) is 8.65. The van der Waals surface area contributed by atoms with Crippen molar-refractivity contribution in [1.82, 2.24) is 0 Å². The number of unbranched alkanes of at least 4 members (excludes halogenated alkanes) is 3. The molecule has 1 saturated carbocycles. The summed E-state index contributed by atoms with van der Waals surface area (Å²) in [6, 6.07) is 0. The van der Waals surface area contributed by atoms with Gasteiger partial charge in [0.2, 0.25) is 0 Å². The molecule has 0 aliphatic heterocycles. The Hall–Kier alpha value is -0.590. The second-order valence-electron chi connectivity index (χ2n) is 6.21. The number of allylic oxidation sites excluding steroid dienone is 1. The van der Waals surface area contributed by atoms with Crippen LogP contribution in [0, 0.1) is 17.8 Å². The second kappa shape index (κ2) is 8.50. The van der Waals surface area contributed by atoms with Gasteiger partial charge in [0.05, 0.1) is 0 Å². The summed E-state index contributed by atoms with van der Waals surface area (Å²) >= 11 is 0. The molecule has 0 radical (unpaired) electrons. The van der Waals surface area contributed by atoms with Crippen LogP contribution in [0.2, 0.25) is 0 Å². The number of rotatable bonds is 8. The van der Waals surface area contributed by atoms with Gasteiger partial charge in [-0.15, -0.1) is 6.58 Å². The zero-order valence-corrected chi connectivity index (χ0v) is 12.3. The normalized spacial score (nSPS) is 24.2. The van der Waals surface area contributed by atoms with Crippen LogP contribution in [0.3, 0.4) is 0 Å². The van der Waals surface area contributed by atoms with Gasteiger partial charge in [-0.1, -0.05) is 26.3 Å². The molecule has 0 atom stereocenters. The van der Waals surface area contributed by atoms with E-state index < -0.39 is 0 Å². The van der Waals surface area contributed by atoms with Gasteiger partial charge in [-0.05, 0) is 56.8 Å². The van der Waals surface area contributed by atoms with Crippen molar-refractivity contribution in [3.63, 3.8) is 0 Å². The molecule has 0 amide bonds. The minimum atomic E-state index is 0.388. The van der Waals surface area contributed by atoms with Crippen molar-refractivity contribution >= 4 is 5.78 Å². The topological polar surface area (TPSA) is 17.1 Å². The summed E-state index contributed by atoms with van der Waals surface area (Å²) in [5.41, 5.74) is 0. The smallest absolute Gasteiger partial charge is 0.135 e. The van der Waals surface area contributed by atoms with E-state index in [1.165, 1.54) is 25.7 Å². The number of carbonyl (C=O) groups is 1. The number of hydrogen-bond acceptors (Lipinski definition) is 1. The van der Waals surface area contributed by atoms with Crippen molar-refractivity contribution < 1.29 is 4.79 Å². The van der Waals surface area contributed by atoms with E-state index in [2.05, 4.69) is 20.4 Å². The first-order valence-electron chi connectivity index (χ1n) is 7.78. The Morgan fingerprint density at radius 2 is 1.83 bits per heavy atom. The van der Waals surface area contributed by atoms with Crippen LogP contribution in [-0.4, -0.2) is 5.78 Å². The molecular weight excluding hydrogens is 220 g/mol. The van der Waals surface area contributed by atoms with Gasteiger partial charge in [-0.2, -0.15) is 0 Å². The van der Waals surface area contributed by atoms with Crippen LogP contribution in [0.4, 0.5) is 0 Å². The average Bonchev–Trinajstić information content (AvgIpc) is 2.38. The fourth-order valence-corrected chi connectivity index (χ4v) is 3.08. The van der Waals surface area contributed by atoms with Crippen LogP contribution < -0.4 is 0 Å². The summed E-state index contributed by atoms with van der Waals surface area (Å²) in [6.07, 6.45) is 12.2. The highest BCUT2D eigenvalue weighted by Gasteiger charge is 2.26. The minimum Gasteiger partial charge on any atom is -0.299 e. The van der Waals surface area contributed by atoms with Gasteiger partial charge in [-0.25, -0.2) is 0 Å². The van der Waals surface area contributed by atoms with E-state index in [9.17, 15) is 4.79 Å². The van der Waals surface area contributed by atoms with Gasteiger partial charge < -0.3 is 0 Å². The maximum atomic E-state index is 12.1. The summed E-state index contributed by atoms with van der Waals surface area (Å²) < 4.78 is 0. The van der Waals surface area contributed by atoms with Crippen LogP contribution in [0.5, 0.6) is 0 Å². The second-order valence-corrected chi connectivity index (χ2v) is 6.21. The van der Waals surface area contributed by atoms with Crippen molar-refractivity contribution in [2.24, 2.45) is 17.8 Å². The molecule has 0 aromatic heterocycles. The third kappa shape index (κ3) is 5.37. The lowest BCUT2D eigenvalue weighted by Crippen LogP contribution is -2.24. The van der Waals surface area contributed by atoms with Crippen molar-refractivity contribution in [3.8, 4) is 0 Å². The van der Waals surface area contributed by atoms with Crippen LogP contribution in [0.15, 0.2) is 12.7 Å². The van der Waals surface area contributed by atoms with Crippen molar-refractivity contribution in [2.45, 2.75) is 71.6 Å². The highest BCUT2D eigenvalue weighted by Crippen LogP contribution is 2.34. The Morgan fingerprint density at radius 1 is 1.17 bits per heavy atom. The summed E-state index contributed by atoms with van der Waals surface area (Å²) in [5.74, 6) is 2.58. The Morgan fingerprint density at radius 3 is 2.39 bits per heavy atom. The SMILES string of the molecule is C=CCCCCCC(=O)C1CCC(C(C)C)CC1. The molecule has 1 aliphatic carbocycles. The molecule has 0 aromatic carbocycles. The molecule has 1 fully saturated rings. The number of ketones is 1. The zero-order valence-electron chi connectivity index (χ0n) is 12.3. The predicted molar refractivity (Wildman–Crippen MR) is 78.6 cm³/mol. The van der Waals surface area contributed by atoms with Gasteiger partial charge in [0, 0.05) is 12.3 Å². The standard InChI is InChI=1S/C17H30O/c1-4-5-6-7-8-9-17(18)16-12-10-15(11-13-16)14(2)3/h4,14-16H,1,5-13H2,2-3H3. The Labute approximate surface area is 113 Å². The van der Waals surface area contributed by atoms with Crippen molar-refractivity contribution in [3.05, 3.63) is 12.7 Å². The van der Waals surface area contributed by atoms with E-state index in [0.717, 1.165) is 43.9 Å². The van der Waals surface area contributed by atoms with E-state index >= 15 is 0 Å². The maximum Gasteiger partial charge on any atom is 0.135 e. The minimum absolute atomic E-state index is 0.388. The predicted octanol–water partition coefficient (Wildman–Crippen LogP) is 5.15. The monoisotopic (exact) mass is 250 g/mol. The Bertz CT molecular complexity index is 246. The molecule has 1 heteroatoms. The van der Waals surface area contributed by atoms with Crippen LogP contribution in [0.25, 0.3) is 0 Å². The average molecular weight is 250 g/mol. The molecule has 0 spiro atoms. The maximum absolute atomic E-state index is 12.1. The first kappa shape index (κ1) is 15.5. The van der Waals surface area contributed by atoms with Crippen LogP contribution >= 0.6 is 0 Å². The van der Waals surface area contributed by atoms with Crippen LogP contribution in [-0.2, 0) is 4.79 Å². The molecule has 0 aromatic rings. The van der Waals surface area contributed by atoms with Crippen molar-refractivity contribution in [2.75, 3.05) is 0 Å². The highest BCUT2D eigenvalue weighted by molar-refractivity contribution is 5.81. The van der Waals surface area contributed by atoms with Gasteiger partial charge >= 0.3 is 0 Å². The first-order valence-corrected chi connectivity index (χ1v) is 7.78. The summed E-state index contributed by atoms with van der Waals surface area (Å²) in [6.45, 7) is 8.35. The van der Waals surface area contributed by atoms with Crippen molar-refractivity contribution in [1.29, 1.82) is 0 Å². The lowest BCUT2D eigenvalue weighted by Gasteiger charge is -2.30. The molecule has 1 nitrogen and oxygen atoms in total. The lowest BCUT2D eigenvalue weighted by molar-refractivity contribution is -0.124. The molecule has 18 heavy (non-hydrogen) atoms. The molecule has 1 rings (SSSR count). The van der Waals surface area contributed by atoms with E-state index in [0.29, 0.717) is 11.7 Å². The summed E-state index contributed by atoms with van der Waals surface area (Å²) in [5, 5.41) is 0. The molecule has 0 unspecified atom stereocenters. The van der Waals surface area contributed by atoms with E-state index in [1.54, 1.807) is 0 Å². The largest absolute Gasteiger partial charge is 0.299 e. The molecule has 0 bridgehead atoms. The molecule has 0 N–H and O–H groups in total. The molecule has 0 heterocycles. The van der Waals surface area contributed by atoms with Gasteiger partial charge in [-0.3, -0.25) is 4.79 Å². The molecular formula is C17H30O. The Kier molecular flexibility index (Phi) is 7.31. The van der Waals surface area contributed by atoms with Gasteiger partial charge in [0.15, 0.2) is 0 Å². The summed E-state index contributed by atoms with van der Waals surface area (Å²) in [7, 11) is 0. The third-order valence-electron chi connectivity index (χ3n) is 4.50. The quantitative estimate of drug-likeness (QED) is 0.430. The molecule has 1 aliphatic rings. The lowest BCUT2D eigenvalue weighted by atomic mass is 9.75. The Balaban J connectivity index is 2.14. The number of carbonyl (C=O) groups excluding carboxylic acids is 1. The number of Topliss-reactive ketones (excluding diaryl/α,β-unsaturated/α-hetero) is 1. The fourth-order valence-electron chi connectivity index (χ4n) is 3.08.